The molecular weight excluding hydrogens is 475 g/mol. The van der Waals surface area contributed by atoms with Crippen molar-refractivity contribution in [1.82, 2.24) is 14.4 Å². The molecule has 0 unspecified atom stereocenters. The van der Waals surface area contributed by atoms with Crippen LogP contribution in [0.4, 0.5) is 27.6 Å². The molecule has 3 aromatic rings. The number of hydrogen-bond donors (Lipinski definition) is 0. The topological polar surface area (TPSA) is 68.8 Å². The zero-order valence-electron chi connectivity index (χ0n) is 17.2. The summed E-state index contributed by atoms with van der Waals surface area (Å²) in [4.78, 5) is 9.36. The molecule has 0 aliphatic heterocycles. The maximum Gasteiger partial charge on any atom is 0.456 e. The first-order chi connectivity index (χ1) is 14.8. The fourth-order valence-electron chi connectivity index (χ4n) is 2.71. The van der Waals surface area contributed by atoms with E-state index >= 15 is 0 Å². The Kier molecular flexibility index (Phi) is 6.70. The first kappa shape index (κ1) is 24.2. The second kappa shape index (κ2) is 8.85. The van der Waals surface area contributed by atoms with Gasteiger partial charge in [0.25, 0.3) is 0 Å². The highest BCUT2D eigenvalue weighted by Gasteiger charge is 2.58. The van der Waals surface area contributed by atoms with Crippen molar-refractivity contribution < 1.29 is 30.9 Å². The number of rotatable bonds is 7. The smallest absolute Gasteiger partial charge is 0.456 e. The lowest BCUT2D eigenvalue weighted by Crippen LogP contribution is -2.41. The number of nitrogens with zero attached hydrogens (tertiary/aromatic N) is 4. The third-order valence-corrected chi connectivity index (χ3v) is 5.59. The van der Waals surface area contributed by atoms with Gasteiger partial charge >= 0.3 is 12.1 Å². The molecule has 0 aliphatic carbocycles. The fraction of sp³-hybridized carbons (Fsp3) is 0.368. The molecule has 3 aromatic heterocycles. The minimum Gasteiger partial charge on any atom is -0.485 e. The number of thioether (sulfide) groups is 1. The predicted octanol–water partition coefficient (Wildman–Crippen LogP) is 5.44. The molecule has 3 heterocycles. The van der Waals surface area contributed by atoms with Gasteiger partial charge in [0.2, 0.25) is 0 Å². The summed E-state index contributed by atoms with van der Waals surface area (Å²) in [5.74, 6) is -4.14. The van der Waals surface area contributed by atoms with E-state index in [1.807, 2.05) is 6.92 Å². The van der Waals surface area contributed by atoms with Crippen LogP contribution in [0.2, 0.25) is 0 Å². The number of alkyl halides is 5. The van der Waals surface area contributed by atoms with Crippen molar-refractivity contribution in [2.75, 3.05) is 24.9 Å². The molecule has 0 aliphatic rings. The zero-order valence-corrected chi connectivity index (χ0v) is 18.8. The molecule has 0 N–H and O–H groups in total. The largest absolute Gasteiger partial charge is 0.485 e. The van der Waals surface area contributed by atoms with Crippen LogP contribution in [0.3, 0.4) is 0 Å². The maximum atomic E-state index is 13.3. The van der Waals surface area contributed by atoms with Crippen LogP contribution in [-0.2, 0) is 9.73 Å². The molecule has 32 heavy (non-hydrogen) atoms. The molecule has 0 saturated carbocycles. The molecule has 0 aromatic carbocycles. The van der Waals surface area contributed by atoms with Gasteiger partial charge in [0, 0.05) is 33.3 Å². The van der Waals surface area contributed by atoms with Crippen LogP contribution in [0.1, 0.15) is 6.92 Å². The van der Waals surface area contributed by atoms with Gasteiger partial charge in [-0.25, -0.2) is 14.2 Å². The summed E-state index contributed by atoms with van der Waals surface area (Å²) in [5.41, 5.74) is 1.08. The Morgan fingerprint density at radius 2 is 1.91 bits per heavy atom. The van der Waals surface area contributed by atoms with Crippen LogP contribution in [0.15, 0.2) is 46.0 Å². The van der Waals surface area contributed by atoms with E-state index in [2.05, 4.69) is 14.3 Å². The standard InChI is InChI=1S/C19H19F5N4O2S2/c1-4-31-15-8-12(27-32(2,3)29)9-25-16(15)17-26-10-13-14(6-5-7-28(13)17)30-11-18(20,21)19(22,23)24/h5-10H,4,11H2,1-3H3. The normalized spacial score (nSPS) is 12.9. The number of aromatic nitrogens is 3. The zero-order chi connectivity index (χ0) is 23.7. The molecule has 0 bridgehead atoms. The molecule has 3 rings (SSSR count). The Hall–Kier alpha value is -2.41. The fourth-order valence-corrected chi connectivity index (χ4v) is 4.12. The van der Waals surface area contributed by atoms with Crippen LogP contribution < -0.4 is 4.74 Å². The first-order valence-electron chi connectivity index (χ1n) is 9.16. The lowest BCUT2D eigenvalue weighted by Gasteiger charge is -2.20. The van der Waals surface area contributed by atoms with Crippen molar-refractivity contribution in [1.29, 1.82) is 0 Å². The Morgan fingerprint density at radius 1 is 1.19 bits per heavy atom. The number of hydrogen-bond acceptors (Lipinski definition) is 6. The highest BCUT2D eigenvalue weighted by molar-refractivity contribution is 7.99. The van der Waals surface area contributed by atoms with Crippen molar-refractivity contribution in [3.05, 3.63) is 36.8 Å². The minimum atomic E-state index is -5.72. The van der Waals surface area contributed by atoms with Crippen molar-refractivity contribution in [3.8, 4) is 17.3 Å². The molecule has 0 radical (unpaired) electrons. The molecule has 174 valence electrons. The van der Waals surface area contributed by atoms with E-state index < -0.39 is 28.4 Å². The van der Waals surface area contributed by atoms with Gasteiger partial charge in [0.15, 0.2) is 12.4 Å². The van der Waals surface area contributed by atoms with Gasteiger partial charge in [-0.1, -0.05) is 6.92 Å². The van der Waals surface area contributed by atoms with E-state index in [9.17, 15) is 26.2 Å². The molecule has 0 atom stereocenters. The van der Waals surface area contributed by atoms with Gasteiger partial charge in [-0.3, -0.25) is 4.40 Å². The summed E-state index contributed by atoms with van der Waals surface area (Å²) in [6.45, 7) is 0.0763. The van der Waals surface area contributed by atoms with Crippen molar-refractivity contribution in [2.45, 2.75) is 23.9 Å². The Morgan fingerprint density at radius 3 is 2.53 bits per heavy atom. The maximum absolute atomic E-state index is 13.3. The Bertz CT molecular complexity index is 1240. The van der Waals surface area contributed by atoms with Gasteiger partial charge in [-0.05, 0) is 24.0 Å². The van der Waals surface area contributed by atoms with E-state index in [4.69, 9.17) is 4.74 Å². The highest BCUT2D eigenvalue weighted by Crippen LogP contribution is 2.37. The number of ether oxygens (including phenoxy) is 1. The van der Waals surface area contributed by atoms with Crippen LogP contribution in [0, 0.1) is 0 Å². The lowest BCUT2D eigenvalue weighted by molar-refractivity contribution is -0.289. The molecule has 0 fully saturated rings. The number of imidazole rings is 1. The van der Waals surface area contributed by atoms with E-state index in [1.165, 1.54) is 53.2 Å². The quantitative estimate of drug-likeness (QED) is 0.323. The van der Waals surface area contributed by atoms with E-state index in [-0.39, 0.29) is 11.3 Å². The average Bonchev–Trinajstić information content (AvgIpc) is 3.09. The third-order valence-electron chi connectivity index (χ3n) is 4.03. The summed E-state index contributed by atoms with van der Waals surface area (Å²) in [5, 5.41) is 0. The van der Waals surface area contributed by atoms with Gasteiger partial charge in [-0.2, -0.15) is 26.3 Å². The van der Waals surface area contributed by atoms with Crippen LogP contribution >= 0.6 is 11.8 Å². The first-order valence-corrected chi connectivity index (χ1v) is 12.5. The lowest BCUT2D eigenvalue weighted by atomic mass is 10.3. The summed E-state index contributed by atoms with van der Waals surface area (Å²) in [6.07, 6.45) is 1.60. The number of fused-ring (bicyclic) bond motifs is 1. The van der Waals surface area contributed by atoms with Crippen LogP contribution in [-0.4, -0.2) is 55.5 Å². The monoisotopic (exact) mass is 494 g/mol. The second-order valence-electron chi connectivity index (χ2n) is 6.95. The van der Waals surface area contributed by atoms with Crippen LogP contribution in [0.25, 0.3) is 17.0 Å². The van der Waals surface area contributed by atoms with Crippen molar-refractivity contribution in [3.63, 3.8) is 0 Å². The van der Waals surface area contributed by atoms with Crippen molar-refractivity contribution >= 4 is 32.7 Å². The SMILES string of the molecule is CCSc1cc(N=S(C)(C)=O)cnc1-c1ncc2c(OCC(F)(F)C(F)(F)F)cccn12. The van der Waals surface area contributed by atoms with E-state index in [0.29, 0.717) is 27.9 Å². The Labute approximate surface area is 185 Å². The van der Waals surface area contributed by atoms with Gasteiger partial charge in [0.1, 0.15) is 17.0 Å². The molecule has 6 nitrogen and oxygen atoms in total. The summed E-state index contributed by atoms with van der Waals surface area (Å²) in [6, 6.07) is 4.44. The van der Waals surface area contributed by atoms with E-state index in [0.717, 1.165) is 0 Å². The molecular formula is C19H19F5N4O2S2. The number of halogens is 5. The van der Waals surface area contributed by atoms with Gasteiger partial charge in [0.05, 0.1) is 18.1 Å². The summed E-state index contributed by atoms with van der Waals surface area (Å²) in [7, 11) is -2.40. The van der Waals surface area contributed by atoms with Crippen molar-refractivity contribution in [2.24, 2.45) is 4.36 Å². The van der Waals surface area contributed by atoms with Gasteiger partial charge in [-0.15, -0.1) is 11.8 Å². The highest BCUT2D eigenvalue weighted by atomic mass is 32.2. The summed E-state index contributed by atoms with van der Waals surface area (Å²) >= 11 is 1.45. The minimum absolute atomic E-state index is 0.178. The second-order valence-corrected chi connectivity index (χ2v) is 10.8. The molecule has 13 heteroatoms. The van der Waals surface area contributed by atoms with E-state index in [1.54, 1.807) is 12.3 Å². The van der Waals surface area contributed by atoms with Crippen LogP contribution in [0.5, 0.6) is 5.75 Å². The molecule has 0 amide bonds. The third kappa shape index (κ3) is 5.31. The molecule has 0 saturated heterocycles. The predicted molar refractivity (Wildman–Crippen MR) is 113 cm³/mol. The molecule has 0 spiro atoms. The summed E-state index contributed by atoms with van der Waals surface area (Å²) < 4.78 is 86.3. The number of pyridine rings is 2. The average molecular weight is 495 g/mol. The Balaban J connectivity index is 2.03. The van der Waals surface area contributed by atoms with Gasteiger partial charge < -0.3 is 4.74 Å².